The zero-order valence-electron chi connectivity index (χ0n) is 15.5. The van der Waals surface area contributed by atoms with Crippen LogP contribution in [-0.4, -0.2) is 14.5 Å². The van der Waals surface area contributed by atoms with Crippen molar-refractivity contribution in [1.29, 1.82) is 0 Å². The predicted octanol–water partition coefficient (Wildman–Crippen LogP) is 5.03. The summed E-state index contributed by atoms with van der Waals surface area (Å²) >= 11 is 6.05. The fourth-order valence-corrected chi connectivity index (χ4v) is 3.79. The van der Waals surface area contributed by atoms with Gasteiger partial charge in [0.2, 0.25) is 0 Å². The van der Waals surface area contributed by atoms with Crippen molar-refractivity contribution < 1.29 is 4.92 Å². The normalized spacial score (nSPS) is 14.8. The molecule has 3 aromatic rings. The Balaban J connectivity index is 1.84. The Hall–Kier alpha value is -2.99. The monoisotopic (exact) mass is 395 g/mol. The summed E-state index contributed by atoms with van der Waals surface area (Å²) in [5.74, 6) is 0.654. The highest BCUT2D eigenvalue weighted by molar-refractivity contribution is 6.31. The first kappa shape index (κ1) is 18.4. The second-order valence-electron chi connectivity index (χ2n) is 7.20. The minimum absolute atomic E-state index is 0.0608. The van der Waals surface area contributed by atoms with E-state index in [2.05, 4.69) is 4.98 Å². The van der Waals surface area contributed by atoms with Gasteiger partial charge in [-0.3, -0.25) is 19.5 Å². The predicted molar refractivity (Wildman–Crippen MR) is 111 cm³/mol. The van der Waals surface area contributed by atoms with Crippen LogP contribution < -0.4 is 5.56 Å². The van der Waals surface area contributed by atoms with Crippen LogP contribution >= 0.6 is 11.6 Å². The minimum Gasteiger partial charge on any atom is -0.292 e. The minimum atomic E-state index is -0.349. The highest BCUT2D eigenvalue weighted by Gasteiger charge is 2.22. The van der Waals surface area contributed by atoms with E-state index >= 15 is 0 Å². The van der Waals surface area contributed by atoms with Gasteiger partial charge in [0.25, 0.3) is 11.2 Å². The third-order valence-electron chi connectivity index (χ3n) is 5.02. The van der Waals surface area contributed by atoms with Crippen LogP contribution in [0.5, 0.6) is 0 Å². The van der Waals surface area contributed by atoms with Crippen LogP contribution in [0.15, 0.2) is 41.2 Å². The molecule has 0 atom stereocenters. The SMILES string of the molecule is CC(C)c1ccc(/C=C2\CCn3c2nc2cc(Cl)ccc2c3=O)cc1[N+](=O)[O-]. The van der Waals surface area contributed by atoms with Crippen LogP contribution in [0.4, 0.5) is 5.69 Å². The molecule has 0 fully saturated rings. The number of nitro benzene ring substituents is 1. The van der Waals surface area contributed by atoms with Crippen molar-refractivity contribution in [3.63, 3.8) is 0 Å². The van der Waals surface area contributed by atoms with Gasteiger partial charge in [-0.05, 0) is 47.8 Å². The average molecular weight is 396 g/mol. The molecular weight excluding hydrogens is 378 g/mol. The maximum absolute atomic E-state index is 12.8. The second kappa shape index (κ2) is 6.87. The smallest absolute Gasteiger partial charge is 0.273 e. The lowest BCUT2D eigenvalue weighted by Crippen LogP contribution is -2.20. The van der Waals surface area contributed by atoms with E-state index in [1.54, 1.807) is 34.9 Å². The molecule has 6 nitrogen and oxygen atoms in total. The number of rotatable bonds is 3. The van der Waals surface area contributed by atoms with E-state index in [1.165, 1.54) is 0 Å². The first-order chi connectivity index (χ1) is 13.3. The summed E-state index contributed by atoms with van der Waals surface area (Å²) in [4.78, 5) is 28.5. The van der Waals surface area contributed by atoms with E-state index in [9.17, 15) is 14.9 Å². The van der Waals surface area contributed by atoms with E-state index in [0.717, 1.165) is 11.1 Å². The highest BCUT2D eigenvalue weighted by atomic mass is 35.5. The first-order valence-corrected chi connectivity index (χ1v) is 9.42. The third-order valence-corrected chi connectivity index (χ3v) is 5.26. The molecular formula is C21H18ClN3O3. The van der Waals surface area contributed by atoms with Crippen LogP contribution in [0.1, 0.15) is 43.1 Å². The molecule has 0 unspecified atom stereocenters. The highest BCUT2D eigenvalue weighted by Crippen LogP contribution is 2.31. The van der Waals surface area contributed by atoms with E-state index in [1.807, 2.05) is 26.0 Å². The van der Waals surface area contributed by atoms with Gasteiger partial charge in [0, 0.05) is 23.2 Å². The molecule has 0 saturated heterocycles. The van der Waals surface area contributed by atoms with E-state index < -0.39 is 0 Å². The fourth-order valence-electron chi connectivity index (χ4n) is 3.63. The molecule has 0 radical (unpaired) electrons. The van der Waals surface area contributed by atoms with Gasteiger partial charge in [-0.2, -0.15) is 0 Å². The molecule has 0 amide bonds. The molecule has 0 spiro atoms. The maximum atomic E-state index is 12.8. The van der Waals surface area contributed by atoms with Gasteiger partial charge >= 0.3 is 0 Å². The Morgan fingerprint density at radius 3 is 2.75 bits per heavy atom. The molecule has 0 aliphatic carbocycles. The van der Waals surface area contributed by atoms with Crippen LogP contribution in [0.25, 0.3) is 22.6 Å². The van der Waals surface area contributed by atoms with Crippen molar-refractivity contribution in [2.75, 3.05) is 0 Å². The van der Waals surface area contributed by atoms with E-state index in [4.69, 9.17) is 11.6 Å². The Morgan fingerprint density at radius 2 is 2.04 bits per heavy atom. The summed E-state index contributed by atoms with van der Waals surface area (Å²) < 4.78 is 1.65. The lowest BCUT2D eigenvalue weighted by Gasteiger charge is -2.08. The van der Waals surface area contributed by atoms with Gasteiger partial charge in [0.15, 0.2) is 0 Å². The van der Waals surface area contributed by atoms with Crippen molar-refractivity contribution >= 4 is 39.8 Å². The van der Waals surface area contributed by atoms with Crippen molar-refractivity contribution in [2.24, 2.45) is 0 Å². The molecule has 1 aliphatic heterocycles. The molecule has 0 saturated carbocycles. The van der Waals surface area contributed by atoms with Gasteiger partial charge in [-0.1, -0.05) is 37.6 Å². The van der Waals surface area contributed by atoms with E-state index in [-0.39, 0.29) is 22.1 Å². The number of allylic oxidation sites excluding steroid dienone is 1. The van der Waals surface area contributed by atoms with Crippen molar-refractivity contribution in [2.45, 2.75) is 32.7 Å². The summed E-state index contributed by atoms with van der Waals surface area (Å²) in [6.07, 6.45) is 2.52. The number of fused-ring (bicyclic) bond motifs is 2. The topological polar surface area (TPSA) is 78.0 Å². The Kier molecular flexibility index (Phi) is 4.51. The molecule has 4 rings (SSSR count). The molecule has 2 aromatic carbocycles. The number of hydrogen-bond donors (Lipinski definition) is 0. The number of hydrogen-bond acceptors (Lipinski definition) is 4. The van der Waals surface area contributed by atoms with Crippen LogP contribution in [-0.2, 0) is 6.54 Å². The van der Waals surface area contributed by atoms with Crippen LogP contribution in [0.3, 0.4) is 0 Å². The number of aromatic nitrogens is 2. The molecule has 28 heavy (non-hydrogen) atoms. The summed E-state index contributed by atoms with van der Waals surface area (Å²) in [6, 6.07) is 10.3. The molecule has 2 heterocycles. The Labute approximate surface area is 166 Å². The number of benzene rings is 2. The lowest BCUT2D eigenvalue weighted by atomic mass is 9.98. The summed E-state index contributed by atoms with van der Waals surface area (Å²) in [5.41, 5.74) is 2.87. The lowest BCUT2D eigenvalue weighted by molar-refractivity contribution is -0.385. The van der Waals surface area contributed by atoms with Gasteiger partial charge in [-0.25, -0.2) is 4.98 Å². The van der Waals surface area contributed by atoms with Gasteiger partial charge < -0.3 is 0 Å². The zero-order valence-corrected chi connectivity index (χ0v) is 16.2. The largest absolute Gasteiger partial charge is 0.292 e. The summed E-state index contributed by atoms with van der Waals surface area (Å²) in [7, 11) is 0. The van der Waals surface area contributed by atoms with E-state index in [0.29, 0.717) is 40.3 Å². The third kappa shape index (κ3) is 3.10. The van der Waals surface area contributed by atoms with Crippen LogP contribution in [0, 0.1) is 10.1 Å². The van der Waals surface area contributed by atoms with Gasteiger partial charge in [0.05, 0.1) is 15.8 Å². The number of nitrogens with zero attached hydrogens (tertiary/aromatic N) is 3. The van der Waals surface area contributed by atoms with Crippen LogP contribution in [0.2, 0.25) is 5.02 Å². The summed E-state index contributed by atoms with van der Waals surface area (Å²) in [5, 5.41) is 12.5. The number of nitro groups is 1. The Bertz CT molecular complexity index is 1210. The summed E-state index contributed by atoms with van der Waals surface area (Å²) in [6.45, 7) is 4.40. The quantitative estimate of drug-likeness (QED) is 0.460. The molecule has 1 aliphatic rings. The molecule has 0 bridgehead atoms. The van der Waals surface area contributed by atoms with Crippen molar-refractivity contribution in [3.05, 3.63) is 78.8 Å². The second-order valence-corrected chi connectivity index (χ2v) is 7.64. The van der Waals surface area contributed by atoms with Gasteiger partial charge in [0.1, 0.15) is 5.82 Å². The Morgan fingerprint density at radius 1 is 1.25 bits per heavy atom. The first-order valence-electron chi connectivity index (χ1n) is 9.04. The molecule has 0 N–H and O–H groups in total. The zero-order chi connectivity index (χ0) is 20.0. The fraction of sp³-hybridized carbons (Fsp3) is 0.238. The van der Waals surface area contributed by atoms with Crippen molar-refractivity contribution in [3.8, 4) is 0 Å². The molecule has 1 aromatic heterocycles. The molecule has 7 heteroatoms. The van der Waals surface area contributed by atoms with Crippen molar-refractivity contribution in [1.82, 2.24) is 9.55 Å². The molecule has 142 valence electrons. The average Bonchev–Trinajstić information content (AvgIpc) is 3.04. The van der Waals surface area contributed by atoms with Gasteiger partial charge in [-0.15, -0.1) is 0 Å². The maximum Gasteiger partial charge on any atom is 0.273 e. The standard InChI is InChI=1S/C21H18ClN3O3/c1-12(2)16-5-3-13(10-19(16)25(27)28)9-14-7-8-24-20(14)23-18-11-15(22)4-6-17(18)21(24)26/h3-6,9-12H,7-8H2,1-2H3/b14-9+. The number of halogens is 1.